The first-order chi connectivity index (χ1) is 19.2. The summed E-state index contributed by atoms with van der Waals surface area (Å²) in [7, 11) is 0. The lowest BCUT2D eigenvalue weighted by molar-refractivity contribution is -0.115. The lowest BCUT2D eigenvalue weighted by Crippen LogP contribution is -2.27. The minimum absolute atomic E-state index is 0.00576. The Balaban J connectivity index is 1.37. The third-order valence-electron chi connectivity index (χ3n) is 6.67. The fraction of sp³-hybridized carbons (Fsp3) is 0.167. The minimum atomic E-state index is -1.61. The van der Waals surface area contributed by atoms with Crippen LogP contribution in [0.4, 0.5) is 23.2 Å². The molecule has 3 aromatic carbocycles. The number of ether oxygens (including phenoxy) is 1. The zero-order valence-electron chi connectivity index (χ0n) is 20.9. The van der Waals surface area contributed by atoms with Crippen molar-refractivity contribution >= 4 is 17.4 Å². The number of halogens is 4. The van der Waals surface area contributed by atoms with Crippen LogP contribution in [0.5, 0.6) is 5.75 Å². The summed E-state index contributed by atoms with van der Waals surface area (Å²) in [6.07, 6.45) is 1.27. The van der Waals surface area contributed by atoms with Crippen molar-refractivity contribution in [3.8, 4) is 5.75 Å². The quantitative estimate of drug-likeness (QED) is 0.172. The maximum absolute atomic E-state index is 15.0. The number of hydrogen-bond donors (Lipinski definition) is 1. The molecule has 10 heteroatoms. The Bertz CT molecular complexity index is 1650. The topological polar surface area (TPSA) is 77.4 Å². The number of rotatable bonds is 9. The van der Waals surface area contributed by atoms with Crippen LogP contribution in [0.3, 0.4) is 0 Å². The van der Waals surface area contributed by atoms with Crippen molar-refractivity contribution in [2.75, 3.05) is 11.9 Å². The highest BCUT2D eigenvalue weighted by molar-refractivity contribution is 5.99. The van der Waals surface area contributed by atoms with Crippen molar-refractivity contribution < 1.29 is 31.9 Å². The van der Waals surface area contributed by atoms with E-state index in [2.05, 4.69) is 5.32 Å². The van der Waals surface area contributed by atoms with E-state index in [4.69, 9.17) is 4.74 Å². The van der Waals surface area contributed by atoms with Crippen LogP contribution < -0.4 is 15.6 Å². The first kappa shape index (κ1) is 26.9. The Morgan fingerprint density at radius 3 is 2.38 bits per heavy atom. The van der Waals surface area contributed by atoms with Gasteiger partial charge in [-0.3, -0.25) is 14.4 Å². The number of hydrogen-bond acceptors (Lipinski definition) is 4. The molecule has 1 amide bonds. The smallest absolute Gasteiger partial charge is 0.261 e. The van der Waals surface area contributed by atoms with Gasteiger partial charge in [-0.2, -0.15) is 0 Å². The van der Waals surface area contributed by atoms with Gasteiger partial charge in [-0.1, -0.05) is 36.4 Å². The number of Topliss-reactive ketones (excluding diaryl/α,β-unsaturated/α-hetero) is 1. The molecule has 5 rings (SSSR count). The lowest BCUT2D eigenvalue weighted by Gasteiger charge is -2.19. The van der Waals surface area contributed by atoms with Crippen molar-refractivity contribution in [1.29, 1.82) is 0 Å². The number of carbonyl (C=O) groups is 2. The van der Waals surface area contributed by atoms with E-state index >= 15 is 0 Å². The Hall–Kier alpha value is -4.73. The highest BCUT2D eigenvalue weighted by atomic mass is 19.2. The third kappa shape index (κ3) is 5.51. The highest BCUT2D eigenvalue weighted by Crippen LogP contribution is 2.33. The van der Waals surface area contributed by atoms with Crippen LogP contribution in [0.15, 0.2) is 77.7 Å². The molecule has 204 valence electrons. The largest absolute Gasteiger partial charge is 0.490 e. The molecule has 0 fully saturated rings. The normalized spacial score (nSPS) is 13.1. The molecule has 2 heterocycles. The molecule has 6 nitrogen and oxygen atoms in total. The standard InChI is InChI=1S/C30H22F4N2O4/c31-22-11-17(12-23(32)27(22)33)15-36-10-4-7-21(30(36)39)24(37)13-20(18-5-2-1-3-6-18)16-40-25-9-8-19-14-26(38)35-29(19)28(25)34/h1-12,20H,13-16H2,(H,35,38)/t20-/m0/s1. The van der Waals surface area contributed by atoms with Crippen LogP contribution in [-0.4, -0.2) is 22.9 Å². The van der Waals surface area contributed by atoms with Gasteiger partial charge in [0.05, 0.1) is 30.8 Å². The monoisotopic (exact) mass is 550 g/mol. The fourth-order valence-corrected chi connectivity index (χ4v) is 4.64. The van der Waals surface area contributed by atoms with Crippen molar-refractivity contribution in [1.82, 2.24) is 4.57 Å². The molecule has 0 spiro atoms. The highest BCUT2D eigenvalue weighted by Gasteiger charge is 2.25. The molecule has 1 atom stereocenters. The molecular formula is C30H22F4N2O4. The van der Waals surface area contributed by atoms with Gasteiger partial charge >= 0.3 is 0 Å². The Kier molecular flexibility index (Phi) is 7.50. The molecule has 0 saturated carbocycles. The van der Waals surface area contributed by atoms with E-state index in [0.29, 0.717) is 5.56 Å². The molecule has 0 saturated heterocycles. The number of fused-ring (bicyclic) bond motifs is 1. The number of nitrogens with one attached hydrogen (secondary N) is 1. The summed E-state index contributed by atoms with van der Waals surface area (Å²) in [6, 6.07) is 16.3. The van der Waals surface area contributed by atoms with Crippen molar-refractivity contribution in [3.05, 3.63) is 129 Å². The van der Waals surface area contributed by atoms with Crippen LogP contribution in [0.2, 0.25) is 0 Å². The number of aromatic nitrogens is 1. The summed E-state index contributed by atoms with van der Waals surface area (Å²) in [5, 5.41) is 2.47. The van der Waals surface area contributed by atoms with Crippen molar-refractivity contribution in [2.24, 2.45) is 0 Å². The lowest BCUT2D eigenvalue weighted by atomic mass is 9.92. The first-order valence-electron chi connectivity index (χ1n) is 12.4. The van der Waals surface area contributed by atoms with Gasteiger partial charge in [0.2, 0.25) is 5.91 Å². The predicted octanol–water partition coefficient (Wildman–Crippen LogP) is 5.38. The van der Waals surface area contributed by atoms with Gasteiger partial charge in [0, 0.05) is 18.5 Å². The van der Waals surface area contributed by atoms with E-state index in [0.717, 1.165) is 22.3 Å². The molecule has 1 aliphatic heterocycles. The Morgan fingerprint density at radius 2 is 1.65 bits per heavy atom. The van der Waals surface area contributed by atoms with Crippen LogP contribution >= 0.6 is 0 Å². The number of carbonyl (C=O) groups excluding carboxylic acids is 2. The van der Waals surface area contributed by atoms with Gasteiger partial charge in [-0.15, -0.1) is 0 Å². The number of amides is 1. The SMILES string of the molecule is O=C1Cc2ccc(OC[C@H](CC(=O)c3cccn(Cc4cc(F)c(F)c(F)c4)c3=O)c3ccccc3)c(F)c2N1. The second kappa shape index (κ2) is 11.2. The van der Waals surface area contributed by atoms with Crippen LogP contribution in [-0.2, 0) is 17.8 Å². The van der Waals surface area contributed by atoms with E-state index in [1.807, 2.05) is 0 Å². The van der Waals surface area contributed by atoms with E-state index in [-0.39, 0.29) is 54.5 Å². The maximum Gasteiger partial charge on any atom is 0.261 e. The van der Waals surface area contributed by atoms with E-state index < -0.39 is 40.5 Å². The zero-order valence-corrected chi connectivity index (χ0v) is 20.9. The summed E-state index contributed by atoms with van der Waals surface area (Å²) in [4.78, 5) is 38.0. The number of benzene rings is 3. The molecule has 0 unspecified atom stereocenters. The molecule has 1 aliphatic rings. The van der Waals surface area contributed by atoms with Crippen molar-refractivity contribution in [3.63, 3.8) is 0 Å². The first-order valence-corrected chi connectivity index (χ1v) is 12.4. The molecule has 0 bridgehead atoms. The third-order valence-corrected chi connectivity index (χ3v) is 6.67. The van der Waals surface area contributed by atoms with E-state index in [9.17, 15) is 31.9 Å². The molecule has 1 N–H and O–H groups in total. The van der Waals surface area contributed by atoms with Crippen molar-refractivity contribution in [2.45, 2.75) is 25.3 Å². The average Bonchev–Trinajstić information content (AvgIpc) is 3.33. The van der Waals surface area contributed by atoms with Gasteiger partial charge in [0.25, 0.3) is 5.56 Å². The van der Waals surface area contributed by atoms with Gasteiger partial charge in [0.1, 0.15) is 0 Å². The van der Waals surface area contributed by atoms with E-state index in [1.165, 1.54) is 24.4 Å². The molecule has 0 radical (unpaired) electrons. The zero-order chi connectivity index (χ0) is 28.4. The molecule has 4 aromatic rings. The number of pyridine rings is 1. The van der Waals surface area contributed by atoms with Gasteiger partial charge in [0.15, 0.2) is 34.8 Å². The summed E-state index contributed by atoms with van der Waals surface area (Å²) < 4.78 is 62.4. The second-order valence-electron chi connectivity index (χ2n) is 9.41. The summed E-state index contributed by atoms with van der Waals surface area (Å²) in [6.45, 7) is -0.387. The fourth-order valence-electron chi connectivity index (χ4n) is 4.64. The van der Waals surface area contributed by atoms with E-state index in [1.54, 1.807) is 36.4 Å². The average molecular weight is 551 g/mol. The van der Waals surface area contributed by atoms with Gasteiger partial charge in [-0.25, -0.2) is 17.6 Å². The summed E-state index contributed by atoms with van der Waals surface area (Å²) in [5.41, 5.74) is 0.478. The van der Waals surface area contributed by atoms with Crippen LogP contribution in [0, 0.1) is 23.3 Å². The molecule has 0 aliphatic carbocycles. The number of ketones is 1. The molecular weight excluding hydrogens is 528 g/mol. The maximum atomic E-state index is 15.0. The predicted molar refractivity (Wildman–Crippen MR) is 138 cm³/mol. The number of nitrogens with zero attached hydrogens (tertiary/aromatic N) is 1. The molecule has 40 heavy (non-hydrogen) atoms. The van der Waals surface area contributed by atoms with Crippen LogP contribution in [0.1, 0.15) is 39.4 Å². The Labute approximate surface area is 225 Å². The summed E-state index contributed by atoms with van der Waals surface area (Å²) >= 11 is 0. The van der Waals surface area contributed by atoms with Crippen LogP contribution in [0.25, 0.3) is 0 Å². The minimum Gasteiger partial charge on any atom is -0.490 e. The van der Waals surface area contributed by atoms with Gasteiger partial charge < -0.3 is 14.6 Å². The van der Waals surface area contributed by atoms with Gasteiger partial charge in [-0.05, 0) is 47.0 Å². The Morgan fingerprint density at radius 1 is 0.925 bits per heavy atom. The summed E-state index contributed by atoms with van der Waals surface area (Å²) in [5.74, 6) is -6.58. The number of anilines is 1. The molecule has 1 aromatic heterocycles. The second-order valence-corrected chi connectivity index (χ2v) is 9.41.